The van der Waals surface area contributed by atoms with Crippen molar-refractivity contribution in [2.75, 3.05) is 6.54 Å². The average molecular weight is 260 g/mol. The lowest BCUT2D eigenvalue weighted by molar-refractivity contribution is -0.120. The number of carbonyl (C=O) groups is 2. The number of amides is 2. The third kappa shape index (κ3) is 3.13. The van der Waals surface area contributed by atoms with Crippen molar-refractivity contribution in [3.8, 4) is 0 Å². The van der Waals surface area contributed by atoms with Crippen molar-refractivity contribution in [3.63, 3.8) is 0 Å². The van der Waals surface area contributed by atoms with Gasteiger partial charge in [0.15, 0.2) is 0 Å². The smallest absolute Gasteiger partial charge is 0.251 e. The van der Waals surface area contributed by atoms with Gasteiger partial charge in [0.25, 0.3) is 5.91 Å². The normalized spacial score (nSPS) is 19.1. The second kappa shape index (κ2) is 5.03. The molecule has 0 aliphatic carbocycles. The van der Waals surface area contributed by atoms with Crippen LogP contribution in [0.15, 0.2) is 24.3 Å². The van der Waals surface area contributed by atoms with Crippen LogP contribution in [0.3, 0.4) is 0 Å². The molecule has 0 bridgehead atoms. The van der Waals surface area contributed by atoms with E-state index in [-0.39, 0.29) is 17.2 Å². The molecule has 1 atom stereocenters. The van der Waals surface area contributed by atoms with Gasteiger partial charge in [-0.15, -0.1) is 0 Å². The SMILES string of the molecule is CC(C)(C)c1cccc(C(=O)NC2CCNC2=O)c1. The van der Waals surface area contributed by atoms with Crippen molar-refractivity contribution < 1.29 is 9.59 Å². The number of hydrogen-bond donors (Lipinski definition) is 2. The van der Waals surface area contributed by atoms with Gasteiger partial charge in [-0.3, -0.25) is 9.59 Å². The topological polar surface area (TPSA) is 58.2 Å². The summed E-state index contributed by atoms with van der Waals surface area (Å²) in [5.41, 5.74) is 1.71. The Morgan fingerprint density at radius 2 is 2.11 bits per heavy atom. The van der Waals surface area contributed by atoms with Crippen molar-refractivity contribution in [3.05, 3.63) is 35.4 Å². The molecule has 1 fully saturated rings. The summed E-state index contributed by atoms with van der Waals surface area (Å²) in [7, 11) is 0. The molecule has 1 unspecified atom stereocenters. The Morgan fingerprint density at radius 1 is 1.37 bits per heavy atom. The van der Waals surface area contributed by atoms with Crippen molar-refractivity contribution in [1.82, 2.24) is 10.6 Å². The van der Waals surface area contributed by atoms with Gasteiger partial charge in [0, 0.05) is 12.1 Å². The van der Waals surface area contributed by atoms with E-state index in [1.165, 1.54) is 0 Å². The van der Waals surface area contributed by atoms with E-state index < -0.39 is 6.04 Å². The van der Waals surface area contributed by atoms with Crippen LogP contribution < -0.4 is 10.6 Å². The van der Waals surface area contributed by atoms with Gasteiger partial charge in [-0.2, -0.15) is 0 Å². The van der Waals surface area contributed by atoms with Crippen molar-refractivity contribution >= 4 is 11.8 Å². The molecule has 0 radical (unpaired) electrons. The monoisotopic (exact) mass is 260 g/mol. The van der Waals surface area contributed by atoms with E-state index in [1.54, 1.807) is 6.07 Å². The van der Waals surface area contributed by atoms with E-state index in [2.05, 4.69) is 31.4 Å². The predicted octanol–water partition coefficient (Wildman–Crippen LogP) is 1.60. The molecule has 4 nitrogen and oxygen atoms in total. The fraction of sp³-hybridized carbons (Fsp3) is 0.467. The Bertz CT molecular complexity index is 503. The highest BCUT2D eigenvalue weighted by Crippen LogP contribution is 2.22. The zero-order chi connectivity index (χ0) is 14.0. The van der Waals surface area contributed by atoms with Crippen LogP contribution in [0.25, 0.3) is 0 Å². The lowest BCUT2D eigenvalue weighted by atomic mass is 9.86. The van der Waals surface area contributed by atoms with Gasteiger partial charge in [-0.05, 0) is 29.5 Å². The minimum atomic E-state index is -0.397. The first-order valence-corrected chi connectivity index (χ1v) is 6.57. The maximum Gasteiger partial charge on any atom is 0.251 e. The number of nitrogens with one attached hydrogen (secondary N) is 2. The summed E-state index contributed by atoms with van der Waals surface area (Å²) in [4.78, 5) is 23.6. The Kier molecular flexibility index (Phi) is 3.60. The molecule has 1 saturated heterocycles. The second-order valence-corrected chi connectivity index (χ2v) is 5.94. The fourth-order valence-electron chi connectivity index (χ4n) is 2.10. The molecule has 2 rings (SSSR count). The zero-order valence-electron chi connectivity index (χ0n) is 11.6. The Labute approximate surface area is 113 Å². The molecule has 1 aliphatic rings. The lowest BCUT2D eigenvalue weighted by Gasteiger charge is -2.20. The van der Waals surface area contributed by atoms with Gasteiger partial charge in [-0.25, -0.2) is 0 Å². The Morgan fingerprint density at radius 3 is 2.68 bits per heavy atom. The number of benzene rings is 1. The van der Waals surface area contributed by atoms with Gasteiger partial charge in [0.05, 0.1) is 0 Å². The van der Waals surface area contributed by atoms with Crippen LogP contribution in [0.2, 0.25) is 0 Å². The van der Waals surface area contributed by atoms with Crippen LogP contribution in [0.5, 0.6) is 0 Å². The van der Waals surface area contributed by atoms with Crippen molar-refractivity contribution in [1.29, 1.82) is 0 Å². The second-order valence-electron chi connectivity index (χ2n) is 5.94. The molecule has 1 aromatic carbocycles. The van der Waals surface area contributed by atoms with Gasteiger partial charge >= 0.3 is 0 Å². The quantitative estimate of drug-likeness (QED) is 0.848. The molecule has 19 heavy (non-hydrogen) atoms. The van der Waals surface area contributed by atoms with Crippen molar-refractivity contribution in [2.45, 2.75) is 38.6 Å². The Hall–Kier alpha value is -1.84. The first kappa shape index (κ1) is 13.6. The summed E-state index contributed by atoms with van der Waals surface area (Å²) < 4.78 is 0. The van der Waals surface area contributed by atoms with E-state index in [9.17, 15) is 9.59 Å². The molecule has 1 aromatic rings. The standard InChI is InChI=1S/C15H20N2O2/c1-15(2,3)11-6-4-5-10(9-11)13(18)17-12-7-8-16-14(12)19/h4-6,9,12H,7-8H2,1-3H3,(H,16,19)(H,17,18). The number of hydrogen-bond acceptors (Lipinski definition) is 2. The third-order valence-corrected chi connectivity index (χ3v) is 3.34. The summed E-state index contributed by atoms with van der Waals surface area (Å²) in [6.45, 7) is 6.95. The van der Waals surface area contributed by atoms with E-state index >= 15 is 0 Å². The van der Waals surface area contributed by atoms with Crippen LogP contribution in [-0.4, -0.2) is 24.4 Å². The highest BCUT2D eigenvalue weighted by atomic mass is 16.2. The first-order chi connectivity index (χ1) is 8.88. The summed E-state index contributed by atoms with van der Waals surface area (Å²) in [6.07, 6.45) is 0.656. The highest BCUT2D eigenvalue weighted by Gasteiger charge is 2.26. The maximum atomic E-state index is 12.1. The summed E-state index contributed by atoms with van der Waals surface area (Å²) in [5.74, 6) is -0.284. The highest BCUT2D eigenvalue weighted by molar-refractivity contribution is 5.98. The van der Waals surface area contributed by atoms with Gasteiger partial charge < -0.3 is 10.6 Å². The number of carbonyl (C=O) groups excluding carboxylic acids is 2. The average Bonchev–Trinajstić information content (AvgIpc) is 2.74. The molecule has 0 saturated carbocycles. The van der Waals surface area contributed by atoms with E-state index in [1.807, 2.05) is 18.2 Å². The van der Waals surface area contributed by atoms with Crippen LogP contribution in [0, 0.1) is 0 Å². The zero-order valence-corrected chi connectivity index (χ0v) is 11.6. The van der Waals surface area contributed by atoms with E-state index in [0.717, 1.165) is 5.56 Å². The predicted molar refractivity (Wildman–Crippen MR) is 74.0 cm³/mol. The van der Waals surface area contributed by atoms with Gasteiger partial charge in [0.1, 0.15) is 6.04 Å². The van der Waals surface area contributed by atoms with Crippen LogP contribution in [0.1, 0.15) is 43.1 Å². The largest absolute Gasteiger partial charge is 0.354 e. The molecular weight excluding hydrogens is 240 g/mol. The molecule has 1 aliphatic heterocycles. The summed E-state index contributed by atoms with van der Waals surface area (Å²) >= 11 is 0. The number of rotatable bonds is 2. The Balaban J connectivity index is 2.13. The maximum absolute atomic E-state index is 12.1. The molecule has 4 heteroatoms. The lowest BCUT2D eigenvalue weighted by Crippen LogP contribution is -2.40. The first-order valence-electron chi connectivity index (χ1n) is 6.57. The summed E-state index contributed by atoms with van der Waals surface area (Å²) in [5, 5.41) is 5.48. The molecule has 2 N–H and O–H groups in total. The molecular formula is C15H20N2O2. The minimum absolute atomic E-state index is 0.00102. The van der Waals surface area contributed by atoms with E-state index in [4.69, 9.17) is 0 Å². The van der Waals surface area contributed by atoms with Crippen molar-refractivity contribution in [2.24, 2.45) is 0 Å². The summed E-state index contributed by atoms with van der Waals surface area (Å²) in [6, 6.07) is 7.16. The van der Waals surface area contributed by atoms with Crippen LogP contribution in [-0.2, 0) is 10.2 Å². The molecule has 0 spiro atoms. The molecule has 2 amide bonds. The van der Waals surface area contributed by atoms with Gasteiger partial charge in [-0.1, -0.05) is 32.9 Å². The van der Waals surface area contributed by atoms with Crippen LogP contribution >= 0.6 is 0 Å². The fourth-order valence-corrected chi connectivity index (χ4v) is 2.10. The van der Waals surface area contributed by atoms with Gasteiger partial charge in [0.2, 0.25) is 5.91 Å². The molecule has 102 valence electrons. The molecule has 0 aromatic heterocycles. The van der Waals surface area contributed by atoms with E-state index in [0.29, 0.717) is 18.5 Å². The third-order valence-electron chi connectivity index (χ3n) is 3.34. The molecule has 1 heterocycles. The van der Waals surface area contributed by atoms with Crippen LogP contribution in [0.4, 0.5) is 0 Å². The minimum Gasteiger partial charge on any atom is -0.354 e.